The van der Waals surface area contributed by atoms with Crippen LogP contribution < -0.4 is 5.32 Å². The minimum Gasteiger partial charge on any atom is -0.392 e. The third-order valence-corrected chi connectivity index (χ3v) is 5.71. The number of carbonyl (C=O) groups excluding carboxylic acids is 2. The molecule has 2 amide bonds. The van der Waals surface area contributed by atoms with Crippen LogP contribution in [0.1, 0.15) is 24.8 Å². The molecule has 7 heteroatoms. The number of methoxy groups -OCH3 is 1. The lowest BCUT2D eigenvalue weighted by molar-refractivity contribution is -0.133. The lowest BCUT2D eigenvalue weighted by Gasteiger charge is -2.39. The zero-order chi connectivity index (χ0) is 19.9. The Morgan fingerprint density at radius 2 is 1.93 bits per heavy atom. The van der Waals surface area contributed by atoms with Crippen LogP contribution in [0, 0.1) is 0 Å². The van der Waals surface area contributed by atoms with Gasteiger partial charge < -0.3 is 20.1 Å². The largest absolute Gasteiger partial charge is 0.392 e. The number of hydrogen-bond donors (Lipinski definition) is 2. The number of rotatable bonds is 7. The van der Waals surface area contributed by atoms with Crippen molar-refractivity contribution in [2.45, 2.75) is 43.9 Å². The molecule has 28 heavy (non-hydrogen) atoms. The van der Waals surface area contributed by atoms with Crippen molar-refractivity contribution in [3.8, 4) is 0 Å². The van der Waals surface area contributed by atoms with Crippen molar-refractivity contribution < 1.29 is 19.4 Å². The maximum atomic E-state index is 12.6. The van der Waals surface area contributed by atoms with Crippen molar-refractivity contribution in [3.63, 3.8) is 0 Å². The molecule has 0 radical (unpaired) electrons. The fourth-order valence-electron chi connectivity index (χ4n) is 4.22. The van der Waals surface area contributed by atoms with E-state index in [2.05, 4.69) is 10.2 Å². The van der Waals surface area contributed by atoms with Crippen molar-refractivity contribution in [3.05, 3.63) is 35.9 Å². The van der Waals surface area contributed by atoms with Crippen LogP contribution in [0.2, 0.25) is 0 Å². The van der Waals surface area contributed by atoms with E-state index in [1.54, 1.807) is 7.11 Å². The second-order valence-corrected chi connectivity index (χ2v) is 7.66. The minimum atomic E-state index is -0.476. The summed E-state index contributed by atoms with van der Waals surface area (Å²) in [7, 11) is 1.60. The maximum Gasteiger partial charge on any atom is 0.237 e. The van der Waals surface area contributed by atoms with Gasteiger partial charge in [-0.2, -0.15) is 0 Å². The average Bonchev–Trinajstić information content (AvgIpc) is 3.11. The lowest BCUT2D eigenvalue weighted by Crippen LogP contribution is -2.52. The van der Waals surface area contributed by atoms with Crippen LogP contribution in [0.15, 0.2) is 30.3 Å². The van der Waals surface area contributed by atoms with E-state index in [0.29, 0.717) is 45.6 Å². The molecule has 2 saturated heterocycles. The zero-order valence-corrected chi connectivity index (χ0v) is 16.5. The second kappa shape index (κ2) is 10.0. The number of benzene rings is 1. The van der Waals surface area contributed by atoms with Crippen LogP contribution in [-0.4, -0.2) is 84.8 Å². The van der Waals surface area contributed by atoms with Crippen molar-refractivity contribution in [1.29, 1.82) is 0 Å². The molecule has 154 valence electrons. The van der Waals surface area contributed by atoms with Crippen molar-refractivity contribution in [2.24, 2.45) is 0 Å². The van der Waals surface area contributed by atoms with Gasteiger partial charge in [0, 0.05) is 39.3 Å². The van der Waals surface area contributed by atoms with Gasteiger partial charge in [0.2, 0.25) is 11.8 Å². The molecule has 0 saturated carbocycles. The summed E-state index contributed by atoms with van der Waals surface area (Å²) in [5.41, 5.74) is 1.03. The molecule has 2 heterocycles. The first kappa shape index (κ1) is 20.8. The summed E-state index contributed by atoms with van der Waals surface area (Å²) in [6.07, 6.45) is 2.07. The Morgan fingerprint density at radius 1 is 1.21 bits per heavy atom. The van der Waals surface area contributed by atoms with Crippen LogP contribution in [0.3, 0.4) is 0 Å². The number of hydrogen-bond acceptors (Lipinski definition) is 5. The molecule has 7 nitrogen and oxygen atoms in total. The van der Waals surface area contributed by atoms with E-state index < -0.39 is 6.10 Å². The van der Waals surface area contributed by atoms with E-state index in [4.69, 9.17) is 4.74 Å². The Morgan fingerprint density at radius 3 is 2.61 bits per heavy atom. The van der Waals surface area contributed by atoms with Gasteiger partial charge in [-0.15, -0.1) is 0 Å². The number of piperidine rings is 1. The molecule has 0 bridgehead atoms. The van der Waals surface area contributed by atoms with Gasteiger partial charge >= 0.3 is 0 Å². The minimum absolute atomic E-state index is 0.0452. The van der Waals surface area contributed by atoms with Crippen LogP contribution in [0.4, 0.5) is 0 Å². The van der Waals surface area contributed by atoms with Crippen molar-refractivity contribution >= 4 is 11.8 Å². The number of β-amino-alcohol motifs (C(OH)–C–C–N with tert-alkyl or cyclic N) is 1. The summed E-state index contributed by atoms with van der Waals surface area (Å²) in [6.45, 7) is 2.86. The average molecular weight is 389 g/mol. The molecule has 0 aromatic heterocycles. The highest BCUT2D eigenvalue weighted by Crippen LogP contribution is 2.26. The van der Waals surface area contributed by atoms with E-state index in [0.717, 1.165) is 18.4 Å². The summed E-state index contributed by atoms with van der Waals surface area (Å²) >= 11 is 0. The normalized spacial score (nSPS) is 23.7. The highest BCUT2D eigenvalue weighted by molar-refractivity contribution is 5.82. The molecule has 1 aromatic carbocycles. The molecule has 2 N–H and O–H groups in total. The van der Waals surface area contributed by atoms with Gasteiger partial charge in [0.15, 0.2) is 0 Å². The molecule has 2 aliphatic heterocycles. The monoisotopic (exact) mass is 389 g/mol. The number of amides is 2. The molecule has 2 fully saturated rings. The summed E-state index contributed by atoms with van der Waals surface area (Å²) in [6, 6.07) is 9.72. The third kappa shape index (κ3) is 5.31. The Labute approximate surface area is 166 Å². The number of nitrogens with one attached hydrogen (secondary N) is 1. The van der Waals surface area contributed by atoms with Gasteiger partial charge in [0.1, 0.15) is 0 Å². The molecular weight excluding hydrogens is 358 g/mol. The van der Waals surface area contributed by atoms with Gasteiger partial charge in [0.25, 0.3) is 0 Å². The Bertz CT molecular complexity index is 646. The van der Waals surface area contributed by atoms with Crippen LogP contribution in [0.5, 0.6) is 0 Å². The summed E-state index contributed by atoms with van der Waals surface area (Å²) in [4.78, 5) is 29.1. The van der Waals surface area contributed by atoms with Gasteiger partial charge in [-0.1, -0.05) is 30.3 Å². The third-order valence-electron chi connectivity index (χ3n) is 5.71. The SMILES string of the molecule is COCCNC(=O)[C@@H]1C[C@@H](O)CN1C1CCN(C(=O)Cc2ccccc2)CC1. The van der Waals surface area contributed by atoms with Crippen molar-refractivity contribution in [2.75, 3.05) is 39.9 Å². The maximum absolute atomic E-state index is 12.6. The Balaban J connectivity index is 1.51. The number of ether oxygens (including phenoxy) is 1. The number of likely N-dealkylation sites (tertiary alicyclic amines) is 2. The van der Waals surface area contributed by atoms with E-state index in [-0.39, 0.29) is 23.9 Å². The van der Waals surface area contributed by atoms with Crippen LogP contribution >= 0.6 is 0 Å². The fraction of sp³-hybridized carbons (Fsp3) is 0.619. The first-order valence-electron chi connectivity index (χ1n) is 10.1. The van der Waals surface area contributed by atoms with Crippen molar-refractivity contribution in [1.82, 2.24) is 15.1 Å². The second-order valence-electron chi connectivity index (χ2n) is 7.66. The highest BCUT2D eigenvalue weighted by Gasteiger charge is 2.40. The molecular formula is C21H31N3O4. The molecule has 2 atom stereocenters. The number of aliphatic hydroxyl groups excluding tert-OH is 1. The Hall–Kier alpha value is -1.96. The quantitative estimate of drug-likeness (QED) is 0.661. The first-order valence-corrected chi connectivity index (χ1v) is 10.1. The fourth-order valence-corrected chi connectivity index (χ4v) is 4.22. The molecule has 3 rings (SSSR count). The van der Waals surface area contributed by atoms with Gasteiger partial charge in [0.05, 0.1) is 25.2 Å². The molecule has 0 unspecified atom stereocenters. The smallest absolute Gasteiger partial charge is 0.237 e. The predicted molar refractivity (Wildman–Crippen MR) is 106 cm³/mol. The summed E-state index contributed by atoms with van der Waals surface area (Å²) in [5.74, 6) is 0.108. The van der Waals surface area contributed by atoms with E-state index in [1.807, 2.05) is 35.2 Å². The van der Waals surface area contributed by atoms with Crippen LogP contribution in [-0.2, 0) is 20.7 Å². The first-order chi connectivity index (χ1) is 13.6. The number of nitrogens with zero attached hydrogens (tertiary/aromatic N) is 2. The predicted octanol–water partition coefficient (Wildman–Crippen LogP) is 0.418. The zero-order valence-electron chi connectivity index (χ0n) is 16.5. The van der Waals surface area contributed by atoms with Gasteiger partial charge in [-0.05, 0) is 24.8 Å². The molecule has 2 aliphatic rings. The number of carbonyl (C=O) groups is 2. The van der Waals surface area contributed by atoms with E-state index in [9.17, 15) is 14.7 Å². The standard InChI is InChI=1S/C21H31N3O4/c1-28-12-9-22-21(27)19-14-18(25)15-24(19)17-7-10-23(11-8-17)20(26)13-16-5-3-2-4-6-16/h2-6,17-19,25H,7-15H2,1H3,(H,22,27)/t18-,19+/m1/s1. The molecule has 0 aliphatic carbocycles. The molecule has 1 aromatic rings. The number of aliphatic hydroxyl groups is 1. The Kier molecular flexibility index (Phi) is 7.42. The van der Waals surface area contributed by atoms with E-state index in [1.165, 1.54) is 0 Å². The van der Waals surface area contributed by atoms with Gasteiger partial charge in [-0.25, -0.2) is 0 Å². The summed E-state index contributed by atoms with van der Waals surface area (Å²) in [5, 5.41) is 13.0. The lowest BCUT2D eigenvalue weighted by atomic mass is 10.0. The molecule has 0 spiro atoms. The highest BCUT2D eigenvalue weighted by atomic mass is 16.5. The van der Waals surface area contributed by atoms with Gasteiger partial charge in [-0.3, -0.25) is 14.5 Å². The van der Waals surface area contributed by atoms with Crippen LogP contribution in [0.25, 0.3) is 0 Å². The van der Waals surface area contributed by atoms with E-state index >= 15 is 0 Å². The summed E-state index contributed by atoms with van der Waals surface area (Å²) < 4.78 is 4.98. The topological polar surface area (TPSA) is 82.1 Å².